The monoisotopic (exact) mass is 297 g/mol. The molecule has 0 saturated carbocycles. The highest BCUT2D eigenvalue weighted by molar-refractivity contribution is 5.94. The number of amides is 1. The molecule has 2 aromatic rings. The van der Waals surface area contributed by atoms with Crippen LogP contribution in [0.15, 0.2) is 42.6 Å². The number of pyridine rings is 1. The van der Waals surface area contributed by atoms with Gasteiger partial charge in [0, 0.05) is 12.7 Å². The minimum Gasteiger partial charge on any atom is -0.384 e. The van der Waals surface area contributed by atoms with Gasteiger partial charge in [-0.25, -0.2) is 4.98 Å². The molecular formula is C17H19N3O2. The predicted octanol–water partition coefficient (Wildman–Crippen LogP) is 1.71. The van der Waals surface area contributed by atoms with Crippen molar-refractivity contribution in [1.29, 1.82) is 0 Å². The second kappa shape index (κ2) is 5.42. The van der Waals surface area contributed by atoms with Gasteiger partial charge < -0.3 is 15.7 Å². The van der Waals surface area contributed by atoms with E-state index in [0.29, 0.717) is 30.9 Å². The van der Waals surface area contributed by atoms with Crippen molar-refractivity contribution in [2.45, 2.75) is 18.9 Å². The van der Waals surface area contributed by atoms with Crippen molar-refractivity contribution in [3.8, 4) is 0 Å². The average Bonchev–Trinajstić information content (AvgIpc) is 2.91. The molecule has 1 aliphatic heterocycles. The van der Waals surface area contributed by atoms with E-state index in [2.05, 4.69) is 4.98 Å². The minimum atomic E-state index is -0.984. The lowest BCUT2D eigenvalue weighted by atomic mass is 9.89. The van der Waals surface area contributed by atoms with Gasteiger partial charge in [-0.15, -0.1) is 0 Å². The standard InChI is InChI=1S/C17H19N3O2/c1-12-4-2-3-5-14(12)17(22)8-9-20(11-17)16(21)13-6-7-15(18)19-10-13/h2-7,10,22H,8-9,11H2,1H3,(H2,18,19)/t17-/m0/s1. The van der Waals surface area contributed by atoms with Gasteiger partial charge >= 0.3 is 0 Å². The summed E-state index contributed by atoms with van der Waals surface area (Å²) >= 11 is 0. The van der Waals surface area contributed by atoms with Crippen LogP contribution < -0.4 is 5.73 Å². The van der Waals surface area contributed by atoms with Crippen molar-refractivity contribution in [2.24, 2.45) is 0 Å². The number of nitrogens with zero attached hydrogens (tertiary/aromatic N) is 2. The lowest BCUT2D eigenvalue weighted by Crippen LogP contribution is -2.34. The fourth-order valence-corrected chi connectivity index (χ4v) is 3.00. The molecule has 1 saturated heterocycles. The Hall–Kier alpha value is -2.40. The van der Waals surface area contributed by atoms with E-state index in [0.717, 1.165) is 11.1 Å². The van der Waals surface area contributed by atoms with Gasteiger partial charge in [0.25, 0.3) is 5.91 Å². The van der Waals surface area contributed by atoms with E-state index in [1.165, 1.54) is 6.20 Å². The third-order valence-corrected chi connectivity index (χ3v) is 4.21. The Morgan fingerprint density at radius 2 is 2.09 bits per heavy atom. The van der Waals surface area contributed by atoms with Crippen LogP contribution in [0.3, 0.4) is 0 Å². The van der Waals surface area contributed by atoms with Crippen LogP contribution in [-0.2, 0) is 5.60 Å². The second-order valence-corrected chi connectivity index (χ2v) is 5.79. The van der Waals surface area contributed by atoms with E-state index in [4.69, 9.17) is 5.73 Å². The summed E-state index contributed by atoms with van der Waals surface area (Å²) in [6.45, 7) is 2.79. The number of anilines is 1. The van der Waals surface area contributed by atoms with Crippen LogP contribution in [0.25, 0.3) is 0 Å². The Kier molecular flexibility index (Phi) is 3.58. The van der Waals surface area contributed by atoms with E-state index >= 15 is 0 Å². The van der Waals surface area contributed by atoms with Gasteiger partial charge in [0.2, 0.25) is 0 Å². The van der Waals surface area contributed by atoms with Crippen molar-refractivity contribution >= 4 is 11.7 Å². The molecule has 0 aliphatic carbocycles. The zero-order chi connectivity index (χ0) is 15.7. The molecule has 114 valence electrons. The summed E-state index contributed by atoms with van der Waals surface area (Å²) in [4.78, 5) is 18.1. The quantitative estimate of drug-likeness (QED) is 0.884. The SMILES string of the molecule is Cc1ccccc1[C@]1(O)CCN(C(=O)c2ccc(N)nc2)C1. The molecule has 0 bridgehead atoms. The largest absolute Gasteiger partial charge is 0.384 e. The van der Waals surface area contributed by atoms with Gasteiger partial charge in [0.1, 0.15) is 11.4 Å². The normalized spacial score (nSPS) is 21.1. The molecule has 1 aromatic heterocycles. The number of carbonyl (C=O) groups is 1. The summed E-state index contributed by atoms with van der Waals surface area (Å²) in [6, 6.07) is 11.0. The van der Waals surface area contributed by atoms with Crippen molar-refractivity contribution in [3.05, 3.63) is 59.3 Å². The molecule has 1 aromatic carbocycles. The third-order valence-electron chi connectivity index (χ3n) is 4.21. The number of aryl methyl sites for hydroxylation is 1. The molecule has 3 N–H and O–H groups in total. The molecule has 5 heteroatoms. The van der Waals surface area contributed by atoms with Crippen LogP contribution in [0.2, 0.25) is 0 Å². The molecule has 3 rings (SSSR count). The molecule has 0 radical (unpaired) electrons. The Morgan fingerprint density at radius 3 is 2.77 bits per heavy atom. The maximum atomic E-state index is 12.5. The molecule has 0 spiro atoms. The van der Waals surface area contributed by atoms with Crippen molar-refractivity contribution in [1.82, 2.24) is 9.88 Å². The fourth-order valence-electron chi connectivity index (χ4n) is 3.00. The lowest BCUT2D eigenvalue weighted by molar-refractivity contribution is 0.0412. The number of nitrogens with two attached hydrogens (primary N) is 1. The van der Waals surface area contributed by atoms with Gasteiger partial charge in [0.05, 0.1) is 12.1 Å². The van der Waals surface area contributed by atoms with E-state index in [1.54, 1.807) is 17.0 Å². The Morgan fingerprint density at radius 1 is 1.32 bits per heavy atom. The van der Waals surface area contributed by atoms with Gasteiger partial charge in [0.15, 0.2) is 0 Å². The molecule has 1 amide bonds. The Balaban J connectivity index is 1.81. The molecule has 1 aliphatic rings. The van der Waals surface area contributed by atoms with Crippen molar-refractivity contribution in [2.75, 3.05) is 18.8 Å². The topological polar surface area (TPSA) is 79.5 Å². The number of aromatic nitrogens is 1. The summed E-state index contributed by atoms with van der Waals surface area (Å²) in [7, 11) is 0. The average molecular weight is 297 g/mol. The van der Waals surface area contributed by atoms with Crippen molar-refractivity contribution in [3.63, 3.8) is 0 Å². The van der Waals surface area contributed by atoms with E-state index in [9.17, 15) is 9.90 Å². The number of nitrogen functional groups attached to an aromatic ring is 1. The van der Waals surface area contributed by atoms with Gasteiger partial charge in [-0.1, -0.05) is 24.3 Å². The first-order chi connectivity index (χ1) is 10.5. The number of β-amino-alcohol motifs (C(OH)–C–C–N with tert-alkyl or cyclic N) is 1. The first-order valence-electron chi connectivity index (χ1n) is 7.29. The van der Waals surface area contributed by atoms with Gasteiger partial charge in [-0.2, -0.15) is 0 Å². The molecular weight excluding hydrogens is 278 g/mol. The van der Waals surface area contributed by atoms with Gasteiger partial charge in [-0.05, 0) is 36.6 Å². The summed E-state index contributed by atoms with van der Waals surface area (Å²) in [5, 5.41) is 10.9. The smallest absolute Gasteiger partial charge is 0.255 e. The number of likely N-dealkylation sites (tertiary alicyclic amines) is 1. The zero-order valence-electron chi connectivity index (χ0n) is 12.5. The number of benzene rings is 1. The van der Waals surface area contributed by atoms with Crippen LogP contribution in [0.5, 0.6) is 0 Å². The Labute approximate surface area is 129 Å². The lowest BCUT2D eigenvalue weighted by Gasteiger charge is -2.25. The van der Waals surface area contributed by atoms with E-state index in [1.807, 2.05) is 31.2 Å². The van der Waals surface area contributed by atoms with Crippen LogP contribution in [0, 0.1) is 6.92 Å². The maximum absolute atomic E-state index is 12.5. The van der Waals surface area contributed by atoms with Crippen LogP contribution >= 0.6 is 0 Å². The zero-order valence-corrected chi connectivity index (χ0v) is 12.5. The number of hydrogen-bond acceptors (Lipinski definition) is 4. The molecule has 1 atom stereocenters. The van der Waals surface area contributed by atoms with Gasteiger partial charge in [-0.3, -0.25) is 4.79 Å². The summed E-state index contributed by atoms with van der Waals surface area (Å²) in [5.74, 6) is 0.256. The highest BCUT2D eigenvalue weighted by atomic mass is 16.3. The van der Waals surface area contributed by atoms with Crippen LogP contribution in [-0.4, -0.2) is 34.0 Å². The van der Waals surface area contributed by atoms with E-state index in [-0.39, 0.29) is 5.91 Å². The van der Waals surface area contributed by atoms with Crippen molar-refractivity contribution < 1.29 is 9.90 Å². The third kappa shape index (κ3) is 2.55. The maximum Gasteiger partial charge on any atom is 0.255 e. The molecule has 5 nitrogen and oxygen atoms in total. The first kappa shape index (κ1) is 14.5. The highest BCUT2D eigenvalue weighted by Crippen LogP contribution is 2.34. The minimum absolute atomic E-state index is 0.128. The fraction of sp³-hybridized carbons (Fsp3) is 0.294. The highest BCUT2D eigenvalue weighted by Gasteiger charge is 2.40. The Bertz CT molecular complexity index is 699. The summed E-state index contributed by atoms with van der Waals surface area (Å²) in [5.41, 5.74) is 6.97. The first-order valence-corrected chi connectivity index (χ1v) is 7.29. The van der Waals surface area contributed by atoms with Crippen LogP contribution in [0.4, 0.5) is 5.82 Å². The molecule has 22 heavy (non-hydrogen) atoms. The number of rotatable bonds is 2. The summed E-state index contributed by atoms with van der Waals surface area (Å²) < 4.78 is 0. The van der Waals surface area contributed by atoms with E-state index < -0.39 is 5.60 Å². The molecule has 1 fully saturated rings. The number of carbonyl (C=O) groups excluding carboxylic acids is 1. The molecule has 2 heterocycles. The number of aliphatic hydroxyl groups is 1. The second-order valence-electron chi connectivity index (χ2n) is 5.79. The van der Waals surface area contributed by atoms with Crippen LogP contribution in [0.1, 0.15) is 27.9 Å². The predicted molar refractivity (Wildman–Crippen MR) is 84.2 cm³/mol. The molecule has 0 unspecified atom stereocenters. The summed E-state index contributed by atoms with van der Waals surface area (Å²) in [6.07, 6.45) is 2.01. The number of hydrogen-bond donors (Lipinski definition) is 2.